The number of hydrogen-bond acceptors (Lipinski definition) is 5. The van der Waals surface area contributed by atoms with Crippen LogP contribution >= 0.6 is 0 Å². The highest BCUT2D eigenvalue weighted by atomic mass is 15.3. The van der Waals surface area contributed by atoms with Crippen molar-refractivity contribution in [1.82, 2.24) is 15.0 Å². The molecule has 3 heterocycles. The maximum Gasteiger partial charge on any atom is 0.147 e. The van der Waals surface area contributed by atoms with E-state index in [1.165, 1.54) is 11.3 Å². The van der Waals surface area contributed by atoms with Crippen LogP contribution in [0.4, 0.5) is 11.5 Å². The molecular formula is C20H21N5. The molecule has 0 aliphatic carbocycles. The number of anilines is 2. The summed E-state index contributed by atoms with van der Waals surface area (Å²) in [6.45, 7) is 5.92. The van der Waals surface area contributed by atoms with E-state index < -0.39 is 0 Å². The van der Waals surface area contributed by atoms with E-state index in [4.69, 9.17) is 4.98 Å². The van der Waals surface area contributed by atoms with E-state index in [1.54, 1.807) is 0 Å². The summed E-state index contributed by atoms with van der Waals surface area (Å²) < 4.78 is 0. The molecule has 3 aromatic rings. The molecule has 0 atom stereocenters. The third kappa shape index (κ3) is 3.45. The number of benzene rings is 1. The van der Waals surface area contributed by atoms with Crippen LogP contribution < -0.4 is 9.80 Å². The minimum absolute atomic E-state index is 0.928. The SMILES string of the molecule is Cc1cccc(-c2cncc(N3CCN(c4ccncc4)CC3)n2)c1. The highest BCUT2D eigenvalue weighted by molar-refractivity contribution is 5.61. The van der Waals surface area contributed by atoms with Crippen molar-refractivity contribution < 1.29 is 0 Å². The Labute approximate surface area is 148 Å². The minimum Gasteiger partial charge on any atom is -0.368 e. The second kappa shape index (κ2) is 6.89. The Hall–Kier alpha value is -2.95. The summed E-state index contributed by atoms with van der Waals surface area (Å²) in [7, 11) is 0. The van der Waals surface area contributed by atoms with Gasteiger partial charge in [-0.2, -0.15) is 0 Å². The molecule has 1 aromatic carbocycles. The van der Waals surface area contributed by atoms with Crippen LogP contribution in [0.5, 0.6) is 0 Å². The monoisotopic (exact) mass is 331 g/mol. The van der Waals surface area contributed by atoms with E-state index in [0.717, 1.165) is 43.3 Å². The lowest BCUT2D eigenvalue weighted by Gasteiger charge is -2.36. The zero-order valence-corrected chi connectivity index (χ0v) is 14.3. The van der Waals surface area contributed by atoms with Crippen molar-refractivity contribution in [2.75, 3.05) is 36.0 Å². The van der Waals surface area contributed by atoms with Crippen molar-refractivity contribution in [3.05, 3.63) is 66.7 Å². The van der Waals surface area contributed by atoms with Gasteiger partial charge in [-0.3, -0.25) is 9.97 Å². The summed E-state index contributed by atoms with van der Waals surface area (Å²) >= 11 is 0. The first-order valence-corrected chi connectivity index (χ1v) is 8.58. The van der Waals surface area contributed by atoms with Crippen LogP contribution in [0.2, 0.25) is 0 Å². The fourth-order valence-electron chi connectivity index (χ4n) is 3.20. The van der Waals surface area contributed by atoms with Crippen molar-refractivity contribution in [1.29, 1.82) is 0 Å². The lowest BCUT2D eigenvalue weighted by molar-refractivity contribution is 0.646. The summed E-state index contributed by atoms with van der Waals surface area (Å²) in [5.41, 5.74) is 4.51. The quantitative estimate of drug-likeness (QED) is 0.737. The van der Waals surface area contributed by atoms with Crippen molar-refractivity contribution in [2.24, 2.45) is 0 Å². The van der Waals surface area contributed by atoms with E-state index in [0.29, 0.717) is 0 Å². The number of hydrogen-bond donors (Lipinski definition) is 0. The zero-order chi connectivity index (χ0) is 17.1. The molecule has 0 amide bonds. The van der Waals surface area contributed by atoms with Gasteiger partial charge in [0, 0.05) is 49.8 Å². The Bertz CT molecular complexity index is 841. The van der Waals surface area contributed by atoms with Gasteiger partial charge in [0.1, 0.15) is 5.82 Å². The maximum absolute atomic E-state index is 4.84. The summed E-state index contributed by atoms with van der Waals surface area (Å²) in [6, 6.07) is 12.5. The zero-order valence-electron chi connectivity index (χ0n) is 14.3. The molecule has 2 aromatic heterocycles. The molecule has 1 fully saturated rings. The Morgan fingerprint density at radius 2 is 1.60 bits per heavy atom. The second-order valence-corrected chi connectivity index (χ2v) is 6.31. The molecule has 5 nitrogen and oxygen atoms in total. The largest absolute Gasteiger partial charge is 0.368 e. The van der Waals surface area contributed by atoms with Crippen LogP contribution in [0.15, 0.2) is 61.2 Å². The lowest BCUT2D eigenvalue weighted by Crippen LogP contribution is -2.46. The van der Waals surface area contributed by atoms with Crippen LogP contribution in [0, 0.1) is 6.92 Å². The predicted molar refractivity (Wildman–Crippen MR) is 101 cm³/mol. The topological polar surface area (TPSA) is 45.2 Å². The first kappa shape index (κ1) is 15.6. The molecule has 25 heavy (non-hydrogen) atoms. The lowest BCUT2D eigenvalue weighted by atomic mass is 10.1. The minimum atomic E-state index is 0.928. The molecule has 5 heteroatoms. The van der Waals surface area contributed by atoms with Crippen LogP contribution in [0.25, 0.3) is 11.3 Å². The van der Waals surface area contributed by atoms with Gasteiger partial charge in [0.25, 0.3) is 0 Å². The van der Waals surface area contributed by atoms with Crippen LogP contribution in [-0.4, -0.2) is 41.1 Å². The molecule has 0 radical (unpaired) electrons. The van der Waals surface area contributed by atoms with Crippen LogP contribution in [-0.2, 0) is 0 Å². The number of pyridine rings is 1. The third-order valence-electron chi connectivity index (χ3n) is 4.57. The molecule has 0 spiro atoms. The van der Waals surface area contributed by atoms with Gasteiger partial charge in [0.15, 0.2) is 0 Å². The highest BCUT2D eigenvalue weighted by Crippen LogP contribution is 2.22. The summed E-state index contributed by atoms with van der Waals surface area (Å²) in [5, 5.41) is 0. The summed E-state index contributed by atoms with van der Waals surface area (Å²) in [6.07, 6.45) is 7.39. The van der Waals surface area contributed by atoms with Gasteiger partial charge in [-0.15, -0.1) is 0 Å². The predicted octanol–water partition coefficient (Wildman–Crippen LogP) is 3.17. The maximum atomic E-state index is 4.84. The van der Waals surface area contributed by atoms with Gasteiger partial charge in [0.2, 0.25) is 0 Å². The van der Waals surface area contributed by atoms with Gasteiger partial charge >= 0.3 is 0 Å². The van der Waals surface area contributed by atoms with E-state index in [1.807, 2.05) is 24.8 Å². The molecular weight excluding hydrogens is 310 g/mol. The molecule has 0 bridgehead atoms. The van der Waals surface area contributed by atoms with Crippen LogP contribution in [0.1, 0.15) is 5.56 Å². The summed E-state index contributed by atoms with van der Waals surface area (Å²) in [5.74, 6) is 0.952. The number of aryl methyl sites for hydroxylation is 1. The van der Waals surface area contributed by atoms with E-state index in [-0.39, 0.29) is 0 Å². The van der Waals surface area contributed by atoms with Crippen LogP contribution in [0.3, 0.4) is 0 Å². The van der Waals surface area contributed by atoms with Crippen molar-refractivity contribution in [3.8, 4) is 11.3 Å². The number of aromatic nitrogens is 3. The Morgan fingerprint density at radius 3 is 2.36 bits per heavy atom. The smallest absolute Gasteiger partial charge is 0.147 e. The molecule has 1 saturated heterocycles. The summed E-state index contributed by atoms with van der Waals surface area (Å²) in [4.78, 5) is 18.0. The van der Waals surface area contributed by atoms with Crippen molar-refractivity contribution >= 4 is 11.5 Å². The van der Waals surface area contributed by atoms with E-state index in [2.05, 4.69) is 63.1 Å². The van der Waals surface area contributed by atoms with Gasteiger partial charge in [-0.05, 0) is 25.1 Å². The molecule has 0 unspecified atom stereocenters. The standard InChI is InChI=1S/C20H21N5/c1-16-3-2-4-17(13-16)19-14-22-15-20(23-19)25-11-9-24(10-12-25)18-5-7-21-8-6-18/h2-8,13-15H,9-12H2,1H3. The van der Waals surface area contributed by atoms with Gasteiger partial charge in [-0.25, -0.2) is 4.98 Å². The average molecular weight is 331 g/mol. The van der Waals surface area contributed by atoms with Crippen molar-refractivity contribution in [3.63, 3.8) is 0 Å². The normalized spacial score (nSPS) is 14.6. The second-order valence-electron chi connectivity index (χ2n) is 6.31. The molecule has 1 aliphatic heterocycles. The Kier molecular flexibility index (Phi) is 4.29. The molecule has 1 aliphatic rings. The van der Waals surface area contributed by atoms with E-state index >= 15 is 0 Å². The molecule has 4 rings (SSSR count). The van der Waals surface area contributed by atoms with Gasteiger partial charge < -0.3 is 9.80 Å². The first-order chi connectivity index (χ1) is 12.3. The fourth-order valence-corrected chi connectivity index (χ4v) is 3.20. The number of rotatable bonds is 3. The fraction of sp³-hybridized carbons (Fsp3) is 0.250. The number of nitrogens with zero attached hydrogens (tertiary/aromatic N) is 5. The molecule has 0 saturated carbocycles. The Morgan fingerprint density at radius 1 is 0.840 bits per heavy atom. The Balaban J connectivity index is 1.49. The number of piperazine rings is 1. The average Bonchev–Trinajstić information content (AvgIpc) is 2.69. The van der Waals surface area contributed by atoms with Crippen molar-refractivity contribution in [2.45, 2.75) is 6.92 Å². The van der Waals surface area contributed by atoms with Gasteiger partial charge in [-0.1, -0.05) is 23.8 Å². The highest BCUT2D eigenvalue weighted by Gasteiger charge is 2.19. The van der Waals surface area contributed by atoms with E-state index in [9.17, 15) is 0 Å². The van der Waals surface area contributed by atoms with Gasteiger partial charge in [0.05, 0.1) is 18.1 Å². The molecule has 126 valence electrons. The first-order valence-electron chi connectivity index (χ1n) is 8.58. The third-order valence-corrected chi connectivity index (χ3v) is 4.57. The molecule has 0 N–H and O–H groups in total.